The van der Waals surface area contributed by atoms with Gasteiger partial charge in [0.15, 0.2) is 11.5 Å². The van der Waals surface area contributed by atoms with Crippen LogP contribution in [0.2, 0.25) is 0 Å². The number of hydrogen-bond acceptors (Lipinski definition) is 5. The Morgan fingerprint density at radius 1 is 1.10 bits per heavy atom. The van der Waals surface area contributed by atoms with Crippen LogP contribution < -0.4 is 15.2 Å². The van der Waals surface area contributed by atoms with Gasteiger partial charge in [-0.1, -0.05) is 12.1 Å². The molecule has 5 nitrogen and oxygen atoms in total. The normalized spacial score (nSPS) is 12.2. The number of benzene rings is 1. The second-order valence-corrected chi connectivity index (χ2v) is 4.81. The minimum atomic E-state index is 0.0715. The van der Waals surface area contributed by atoms with Crippen molar-refractivity contribution in [3.8, 4) is 11.5 Å². The molecule has 5 heteroatoms. The zero-order valence-electron chi connectivity index (χ0n) is 13.3. The predicted molar refractivity (Wildman–Crippen MR) is 83.2 cm³/mol. The molecule has 120 valence electrons. The van der Waals surface area contributed by atoms with E-state index in [1.54, 1.807) is 7.11 Å². The monoisotopic (exact) mass is 297 g/mol. The molecule has 1 atom stereocenters. The van der Waals surface area contributed by atoms with Crippen molar-refractivity contribution < 1.29 is 18.9 Å². The Bertz CT molecular complexity index is 396. The fraction of sp³-hybridized carbons (Fsp3) is 0.625. The summed E-state index contributed by atoms with van der Waals surface area (Å²) in [6.45, 7) is 6.68. The lowest BCUT2D eigenvalue weighted by Gasteiger charge is -2.17. The van der Waals surface area contributed by atoms with Gasteiger partial charge in [0, 0.05) is 13.2 Å². The van der Waals surface area contributed by atoms with Crippen molar-refractivity contribution >= 4 is 0 Å². The molecule has 0 aromatic heterocycles. The molecule has 1 aromatic carbocycles. The van der Waals surface area contributed by atoms with Crippen molar-refractivity contribution in [3.63, 3.8) is 0 Å². The van der Waals surface area contributed by atoms with E-state index in [2.05, 4.69) is 0 Å². The first-order chi connectivity index (χ1) is 10.2. The lowest BCUT2D eigenvalue weighted by atomic mass is 10.1. The van der Waals surface area contributed by atoms with Gasteiger partial charge in [-0.05, 0) is 31.9 Å². The zero-order chi connectivity index (χ0) is 15.5. The molecule has 0 fully saturated rings. The number of para-hydroxylation sites is 1. The van der Waals surface area contributed by atoms with Crippen LogP contribution in [-0.4, -0.2) is 46.2 Å². The molecule has 0 saturated heterocycles. The van der Waals surface area contributed by atoms with Crippen molar-refractivity contribution in [1.82, 2.24) is 0 Å². The maximum Gasteiger partial charge on any atom is 0.164 e. The molecular weight excluding hydrogens is 270 g/mol. The van der Waals surface area contributed by atoms with Crippen LogP contribution in [0, 0.1) is 0 Å². The second kappa shape index (κ2) is 10.4. The molecule has 1 rings (SSSR count). The Morgan fingerprint density at radius 2 is 1.86 bits per heavy atom. The summed E-state index contributed by atoms with van der Waals surface area (Å²) in [5.74, 6) is 1.53. The summed E-state index contributed by atoms with van der Waals surface area (Å²) in [7, 11) is 1.65. The summed E-state index contributed by atoms with van der Waals surface area (Å²) in [4.78, 5) is 0. The van der Waals surface area contributed by atoms with Gasteiger partial charge in [0.1, 0.15) is 6.61 Å². The average Bonchev–Trinajstić information content (AvgIpc) is 2.44. The van der Waals surface area contributed by atoms with Crippen LogP contribution in [-0.2, 0) is 15.9 Å². The Labute approximate surface area is 127 Å². The number of nitrogens with two attached hydrogens (primary N) is 1. The standard InChI is InChI=1S/C16H27NO4/c1-4-20-15-7-5-6-14(12-13(2)17)16(15)21-11-10-19-9-8-18-3/h5-7,13H,4,8-12,17H2,1-3H3. The molecule has 2 N–H and O–H groups in total. The van der Waals surface area contributed by atoms with Crippen molar-refractivity contribution in [2.45, 2.75) is 26.3 Å². The maximum atomic E-state index is 5.89. The molecule has 0 amide bonds. The summed E-state index contributed by atoms with van der Waals surface area (Å²) in [5.41, 5.74) is 6.95. The minimum absolute atomic E-state index is 0.0715. The van der Waals surface area contributed by atoms with Crippen LogP contribution in [0.4, 0.5) is 0 Å². The van der Waals surface area contributed by atoms with Gasteiger partial charge in [-0.3, -0.25) is 0 Å². The van der Waals surface area contributed by atoms with Gasteiger partial charge in [0.25, 0.3) is 0 Å². The van der Waals surface area contributed by atoms with E-state index >= 15 is 0 Å². The third-order valence-electron chi connectivity index (χ3n) is 2.81. The van der Waals surface area contributed by atoms with Crippen LogP contribution in [0.1, 0.15) is 19.4 Å². The molecule has 21 heavy (non-hydrogen) atoms. The number of ether oxygens (including phenoxy) is 4. The molecule has 1 unspecified atom stereocenters. The fourth-order valence-electron chi connectivity index (χ4n) is 1.95. The first kappa shape index (κ1) is 17.8. The highest BCUT2D eigenvalue weighted by Crippen LogP contribution is 2.32. The van der Waals surface area contributed by atoms with Crippen LogP contribution in [0.5, 0.6) is 11.5 Å². The minimum Gasteiger partial charge on any atom is -0.490 e. The van der Waals surface area contributed by atoms with E-state index < -0.39 is 0 Å². The number of rotatable bonds is 11. The number of hydrogen-bond donors (Lipinski definition) is 1. The average molecular weight is 297 g/mol. The molecule has 1 aromatic rings. The summed E-state index contributed by atoms with van der Waals surface area (Å²) in [6, 6.07) is 5.97. The van der Waals surface area contributed by atoms with Crippen LogP contribution in [0.25, 0.3) is 0 Å². The SMILES string of the molecule is CCOc1cccc(CC(C)N)c1OCCOCCOC. The van der Waals surface area contributed by atoms with Gasteiger partial charge >= 0.3 is 0 Å². The molecule has 0 heterocycles. The van der Waals surface area contributed by atoms with E-state index in [9.17, 15) is 0 Å². The molecule has 0 aliphatic rings. The fourth-order valence-corrected chi connectivity index (χ4v) is 1.95. The Balaban J connectivity index is 2.62. The Kier molecular flexibility index (Phi) is 8.82. The van der Waals surface area contributed by atoms with E-state index in [4.69, 9.17) is 24.7 Å². The van der Waals surface area contributed by atoms with Gasteiger partial charge < -0.3 is 24.7 Å². The first-order valence-corrected chi connectivity index (χ1v) is 7.38. The predicted octanol–water partition coefficient (Wildman–Crippen LogP) is 2.02. The van der Waals surface area contributed by atoms with Gasteiger partial charge in [0.2, 0.25) is 0 Å². The maximum absolute atomic E-state index is 5.89. The highest BCUT2D eigenvalue weighted by atomic mass is 16.5. The molecule has 0 aliphatic heterocycles. The van der Waals surface area contributed by atoms with Crippen molar-refractivity contribution in [3.05, 3.63) is 23.8 Å². The van der Waals surface area contributed by atoms with Crippen molar-refractivity contribution in [1.29, 1.82) is 0 Å². The lowest BCUT2D eigenvalue weighted by molar-refractivity contribution is 0.0537. The largest absolute Gasteiger partial charge is 0.490 e. The highest BCUT2D eigenvalue weighted by Gasteiger charge is 2.12. The third kappa shape index (κ3) is 6.80. The van der Waals surface area contributed by atoms with E-state index in [1.807, 2.05) is 32.0 Å². The second-order valence-electron chi connectivity index (χ2n) is 4.81. The van der Waals surface area contributed by atoms with Crippen LogP contribution in [0.15, 0.2) is 18.2 Å². The highest BCUT2D eigenvalue weighted by molar-refractivity contribution is 5.47. The van der Waals surface area contributed by atoms with E-state index in [-0.39, 0.29) is 6.04 Å². The molecule has 0 radical (unpaired) electrons. The van der Waals surface area contributed by atoms with E-state index in [1.165, 1.54) is 0 Å². The molecule has 0 aliphatic carbocycles. The van der Waals surface area contributed by atoms with Gasteiger partial charge in [-0.25, -0.2) is 0 Å². The Morgan fingerprint density at radius 3 is 2.52 bits per heavy atom. The molecular formula is C16H27NO4. The third-order valence-corrected chi connectivity index (χ3v) is 2.81. The summed E-state index contributed by atoms with van der Waals surface area (Å²) < 4.78 is 21.8. The topological polar surface area (TPSA) is 62.9 Å². The quantitative estimate of drug-likeness (QED) is 0.633. The Hall–Kier alpha value is -1.30. The van der Waals surface area contributed by atoms with Crippen molar-refractivity contribution in [2.75, 3.05) is 40.1 Å². The summed E-state index contributed by atoms with van der Waals surface area (Å²) in [5, 5.41) is 0. The molecule has 0 saturated carbocycles. The van der Waals surface area contributed by atoms with E-state index in [0.29, 0.717) is 33.0 Å². The van der Waals surface area contributed by atoms with Gasteiger partial charge in [-0.15, -0.1) is 0 Å². The summed E-state index contributed by atoms with van der Waals surface area (Å²) in [6.07, 6.45) is 0.751. The lowest BCUT2D eigenvalue weighted by Crippen LogP contribution is -2.19. The first-order valence-electron chi connectivity index (χ1n) is 7.38. The van der Waals surface area contributed by atoms with Crippen molar-refractivity contribution in [2.24, 2.45) is 5.73 Å². The molecule has 0 spiro atoms. The van der Waals surface area contributed by atoms with Gasteiger partial charge in [0.05, 0.1) is 26.4 Å². The van der Waals surface area contributed by atoms with Crippen LogP contribution >= 0.6 is 0 Å². The zero-order valence-corrected chi connectivity index (χ0v) is 13.3. The smallest absolute Gasteiger partial charge is 0.164 e. The van der Waals surface area contributed by atoms with Crippen LogP contribution in [0.3, 0.4) is 0 Å². The van der Waals surface area contributed by atoms with Gasteiger partial charge in [-0.2, -0.15) is 0 Å². The van der Waals surface area contributed by atoms with E-state index in [0.717, 1.165) is 23.5 Å². The summed E-state index contributed by atoms with van der Waals surface area (Å²) >= 11 is 0. The number of methoxy groups -OCH3 is 1. The molecule has 0 bridgehead atoms.